The number of Topliss-reactive ketones (excluding diaryl/α,β-unsaturated/α-hetero) is 1. The second-order valence-electron chi connectivity index (χ2n) is 12.2. The van der Waals surface area contributed by atoms with Gasteiger partial charge in [-0.3, -0.25) is 9.78 Å². The zero-order valence-electron chi connectivity index (χ0n) is 22.8. The van der Waals surface area contributed by atoms with Gasteiger partial charge in [-0.1, -0.05) is 30.4 Å². The molecule has 3 aliphatic carbocycles. The summed E-state index contributed by atoms with van der Waals surface area (Å²) >= 11 is 0. The van der Waals surface area contributed by atoms with Gasteiger partial charge in [-0.15, -0.1) is 0 Å². The number of halogens is 1. The number of carbonyl (C=O) groups is 1. The van der Waals surface area contributed by atoms with Crippen LogP contribution in [0.2, 0.25) is 0 Å². The Balaban J connectivity index is 1.22. The topological polar surface area (TPSA) is 42.9 Å². The van der Waals surface area contributed by atoms with Crippen LogP contribution >= 0.6 is 0 Å². The summed E-state index contributed by atoms with van der Waals surface area (Å²) in [5, 5.41) is 0. The van der Waals surface area contributed by atoms with Crippen molar-refractivity contribution in [2.75, 3.05) is 0 Å². The summed E-state index contributed by atoms with van der Waals surface area (Å²) in [5.74, 6) is 1.77. The molecule has 3 nitrogen and oxygen atoms in total. The number of carbonyl (C=O) groups excluding carboxylic acids is 1. The van der Waals surface area contributed by atoms with Crippen LogP contribution in [-0.4, -0.2) is 21.4 Å². The minimum atomic E-state index is -0.892. The summed E-state index contributed by atoms with van der Waals surface area (Å²) in [6, 6.07) is 11.1. The molecule has 1 heterocycles. The molecule has 4 heteroatoms. The molecule has 0 bridgehead atoms. The van der Waals surface area contributed by atoms with E-state index < -0.39 is 5.67 Å². The van der Waals surface area contributed by atoms with Gasteiger partial charge in [-0.05, 0) is 123 Å². The van der Waals surface area contributed by atoms with Gasteiger partial charge >= 0.3 is 0 Å². The number of aryl methyl sites for hydroxylation is 2. The Bertz CT molecular complexity index is 1410. The number of benzene rings is 2. The number of alkyl halides is 1. The van der Waals surface area contributed by atoms with Crippen molar-refractivity contribution in [3.8, 4) is 11.3 Å². The molecule has 3 aromatic rings. The Morgan fingerprint density at radius 1 is 1.05 bits per heavy atom. The first-order valence-electron chi connectivity index (χ1n) is 14.2. The summed E-state index contributed by atoms with van der Waals surface area (Å²) < 4.78 is 14.0. The van der Waals surface area contributed by atoms with E-state index >= 15 is 0 Å². The van der Waals surface area contributed by atoms with E-state index in [0.29, 0.717) is 30.6 Å². The van der Waals surface area contributed by atoms with Crippen LogP contribution < -0.4 is 0 Å². The molecule has 2 saturated carbocycles. The Labute approximate surface area is 225 Å². The fourth-order valence-electron chi connectivity index (χ4n) is 6.87. The first-order valence-corrected chi connectivity index (χ1v) is 14.2. The predicted molar refractivity (Wildman–Crippen MR) is 151 cm³/mol. The monoisotopic (exact) mass is 508 g/mol. The van der Waals surface area contributed by atoms with Gasteiger partial charge in [0.1, 0.15) is 5.67 Å². The van der Waals surface area contributed by atoms with Crippen LogP contribution in [0.4, 0.5) is 4.39 Å². The summed E-state index contributed by atoms with van der Waals surface area (Å²) in [6.07, 6.45) is 15.4. The molecule has 2 atom stereocenters. The molecule has 0 N–H and O–H groups in total. The van der Waals surface area contributed by atoms with Crippen molar-refractivity contribution in [2.24, 2.45) is 11.8 Å². The van der Waals surface area contributed by atoms with Crippen molar-refractivity contribution in [1.82, 2.24) is 9.97 Å². The first-order chi connectivity index (χ1) is 18.3. The van der Waals surface area contributed by atoms with E-state index in [4.69, 9.17) is 0 Å². The smallest absolute Gasteiger partial charge is 0.167 e. The number of rotatable bonds is 6. The maximum atomic E-state index is 14.0. The molecule has 0 radical (unpaired) electrons. The van der Waals surface area contributed by atoms with E-state index in [1.807, 2.05) is 13.0 Å². The second kappa shape index (κ2) is 9.87. The molecular formula is C34H37FN2O. The van der Waals surface area contributed by atoms with Gasteiger partial charge in [0.2, 0.25) is 0 Å². The lowest BCUT2D eigenvalue weighted by molar-refractivity contribution is 0.0993. The Morgan fingerprint density at radius 3 is 2.55 bits per heavy atom. The predicted octanol–water partition coefficient (Wildman–Crippen LogP) is 8.36. The Kier molecular flexibility index (Phi) is 6.53. The van der Waals surface area contributed by atoms with Gasteiger partial charge in [0.15, 0.2) is 5.78 Å². The van der Waals surface area contributed by atoms with Crippen molar-refractivity contribution < 1.29 is 9.18 Å². The maximum Gasteiger partial charge on any atom is 0.167 e. The number of fused-ring (bicyclic) bond motifs is 1. The molecule has 1 aromatic heterocycles. The zero-order chi connectivity index (χ0) is 26.4. The highest BCUT2D eigenvalue weighted by Crippen LogP contribution is 2.52. The molecule has 2 fully saturated rings. The highest BCUT2D eigenvalue weighted by atomic mass is 19.1. The molecule has 196 valence electrons. The number of ketones is 1. The van der Waals surface area contributed by atoms with Gasteiger partial charge in [-0.25, -0.2) is 9.37 Å². The minimum absolute atomic E-state index is 0.184. The van der Waals surface area contributed by atoms with Gasteiger partial charge in [0, 0.05) is 23.7 Å². The van der Waals surface area contributed by atoms with Crippen LogP contribution in [0.3, 0.4) is 0 Å². The highest BCUT2D eigenvalue weighted by Gasteiger charge is 2.51. The molecule has 0 aliphatic heterocycles. The van der Waals surface area contributed by atoms with Gasteiger partial charge in [0.25, 0.3) is 0 Å². The third-order valence-corrected chi connectivity index (χ3v) is 9.15. The number of hydrogen-bond donors (Lipinski definition) is 0. The second-order valence-corrected chi connectivity index (χ2v) is 12.2. The summed E-state index contributed by atoms with van der Waals surface area (Å²) in [5.41, 5.74) is 8.72. The fraction of sp³-hybridized carbons (Fsp3) is 0.441. The zero-order valence-corrected chi connectivity index (χ0v) is 22.8. The van der Waals surface area contributed by atoms with E-state index in [0.717, 1.165) is 46.5 Å². The molecule has 0 spiro atoms. The van der Waals surface area contributed by atoms with Crippen molar-refractivity contribution in [1.29, 1.82) is 0 Å². The third kappa shape index (κ3) is 5.10. The van der Waals surface area contributed by atoms with E-state index in [1.165, 1.54) is 42.4 Å². The normalized spacial score (nSPS) is 26.3. The lowest BCUT2D eigenvalue weighted by Gasteiger charge is -2.30. The molecule has 0 saturated heterocycles. The molecule has 0 amide bonds. The van der Waals surface area contributed by atoms with Crippen LogP contribution in [0.15, 0.2) is 48.8 Å². The largest absolute Gasteiger partial charge is 0.294 e. The molecular weight excluding hydrogens is 471 g/mol. The standard InChI is InChI=1S/C34H37FN2O/c1-21-13-24(9-12-30(21)25-10-7-23(8-11-25)15-29-18-34(29,3)35)14-28-17-27(31-20-36-19-22(2)37-31)16-26-5-4-6-32(38)33(26)28/h4-5,9,12-13,16-17,19-20,23,25,29H,6-8,10-11,14-15,18H2,1-3H3. The number of nitrogens with zero attached hydrogens (tertiary/aromatic N) is 2. The van der Waals surface area contributed by atoms with Crippen LogP contribution in [0.25, 0.3) is 17.3 Å². The third-order valence-electron chi connectivity index (χ3n) is 9.15. The van der Waals surface area contributed by atoms with Crippen LogP contribution in [0.1, 0.15) is 102 Å². The quantitative estimate of drug-likeness (QED) is 0.336. The SMILES string of the molecule is Cc1cncc(-c2cc3c(c(Cc4ccc(C5CCC(CC6CC6(C)F)CC5)c(C)c4)c2)C(=O)CC=C3)n1. The van der Waals surface area contributed by atoms with Crippen molar-refractivity contribution in [3.05, 3.63) is 87.9 Å². The fourth-order valence-corrected chi connectivity index (χ4v) is 6.87. The van der Waals surface area contributed by atoms with E-state index in [-0.39, 0.29) is 5.78 Å². The van der Waals surface area contributed by atoms with Crippen molar-refractivity contribution >= 4 is 11.9 Å². The van der Waals surface area contributed by atoms with Gasteiger partial charge in [-0.2, -0.15) is 0 Å². The van der Waals surface area contributed by atoms with Gasteiger partial charge < -0.3 is 0 Å². The van der Waals surface area contributed by atoms with E-state index in [9.17, 15) is 9.18 Å². The number of allylic oxidation sites excluding steroid dienone is 1. The molecule has 2 unspecified atom stereocenters. The highest BCUT2D eigenvalue weighted by molar-refractivity contribution is 6.04. The maximum absolute atomic E-state index is 14.0. The summed E-state index contributed by atoms with van der Waals surface area (Å²) in [7, 11) is 0. The first kappa shape index (κ1) is 25.2. The molecule has 38 heavy (non-hydrogen) atoms. The lowest BCUT2D eigenvalue weighted by atomic mass is 9.75. The van der Waals surface area contributed by atoms with Crippen molar-refractivity contribution in [3.63, 3.8) is 0 Å². The van der Waals surface area contributed by atoms with Crippen molar-refractivity contribution in [2.45, 2.75) is 83.7 Å². The van der Waals surface area contributed by atoms with Crippen LogP contribution in [0.5, 0.6) is 0 Å². The molecule has 2 aromatic carbocycles. The Hall–Kier alpha value is -3.14. The summed E-state index contributed by atoms with van der Waals surface area (Å²) in [6.45, 7) is 5.94. The van der Waals surface area contributed by atoms with Crippen LogP contribution in [-0.2, 0) is 6.42 Å². The summed E-state index contributed by atoms with van der Waals surface area (Å²) in [4.78, 5) is 22.0. The average Bonchev–Trinajstić information content (AvgIpc) is 3.49. The van der Waals surface area contributed by atoms with E-state index in [1.54, 1.807) is 19.3 Å². The lowest BCUT2D eigenvalue weighted by Crippen LogP contribution is -2.16. The molecule has 6 rings (SSSR count). The number of hydrogen-bond acceptors (Lipinski definition) is 3. The van der Waals surface area contributed by atoms with E-state index in [2.05, 4.69) is 53.3 Å². The average molecular weight is 509 g/mol. The minimum Gasteiger partial charge on any atom is -0.294 e. The molecule has 3 aliphatic rings. The number of aromatic nitrogens is 2. The van der Waals surface area contributed by atoms with Crippen LogP contribution in [0, 0.1) is 25.7 Å². The van der Waals surface area contributed by atoms with Gasteiger partial charge in [0.05, 0.1) is 17.6 Å². The Morgan fingerprint density at radius 2 is 1.84 bits per heavy atom.